The largest absolute Gasteiger partial charge is 0.457 e. The van der Waals surface area contributed by atoms with Gasteiger partial charge >= 0.3 is 5.97 Å². The van der Waals surface area contributed by atoms with Crippen molar-refractivity contribution in [1.82, 2.24) is 0 Å². The molecule has 0 saturated heterocycles. The topological polar surface area (TPSA) is 44.8 Å². The van der Waals surface area contributed by atoms with E-state index in [-0.39, 0.29) is 18.2 Å². The summed E-state index contributed by atoms with van der Waals surface area (Å²) in [6.45, 7) is 17.1. The van der Waals surface area contributed by atoms with E-state index in [4.69, 9.17) is 14.2 Å². The smallest absolute Gasteiger partial charge is 0.333 e. The van der Waals surface area contributed by atoms with Crippen LogP contribution >= 0.6 is 0 Å². The van der Waals surface area contributed by atoms with E-state index >= 15 is 0 Å². The number of hydrogen-bond acceptors (Lipinski definition) is 4. The highest BCUT2D eigenvalue weighted by Gasteiger charge is 2.19. The molecule has 0 bridgehead atoms. The van der Waals surface area contributed by atoms with Crippen LogP contribution in [-0.4, -0.2) is 37.5 Å². The number of esters is 1. The van der Waals surface area contributed by atoms with Gasteiger partial charge in [0.05, 0.1) is 25.4 Å². The molecule has 0 aliphatic carbocycles. The summed E-state index contributed by atoms with van der Waals surface area (Å²) in [5.74, 6) is 0.215. The molecular weight excluding hydrogens is 472 g/mol. The summed E-state index contributed by atoms with van der Waals surface area (Å²) in [5.41, 5.74) is 0.415. The summed E-state index contributed by atoms with van der Waals surface area (Å²) in [6, 6.07) is 0. The minimum absolute atomic E-state index is 0.0259. The molecule has 4 nitrogen and oxygen atoms in total. The van der Waals surface area contributed by atoms with Gasteiger partial charge in [-0.15, -0.1) is 0 Å². The molecule has 4 unspecified atom stereocenters. The maximum atomic E-state index is 11.7. The quantitative estimate of drug-likeness (QED) is 0.0564. The molecule has 226 valence electrons. The van der Waals surface area contributed by atoms with E-state index in [0.717, 1.165) is 6.42 Å². The zero-order valence-corrected chi connectivity index (χ0v) is 26.5. The highest BCUT2D eigenvalue weighted by Crippen LogP contribution is 2.23. The zero-order chi connectivity index (χ0) is 28.4. The molecule has 0 rings (SSSR count). The number of rotatable bonds is 28. The van der Waals surface area contributed by atoms with Crippen molar-refractivity contribution in [3.05, 3.63) is 12.2 Å². The first-order valence-electron chi connectivity index (χ1n) is 16.4. The summed E-state index contributed by atoms with van der Waals surface area (Å²) in [7, 11) is 0. The predicted molar refractivity (Wildman–Crippen MR) is 164 cm³/mol. The van der Waals surface area contributed by atoms with Gasteiger partial charge < -0.3 is 14.2 Å². The molecule has 4 heteroatoms. The molecule has 0 saturated carbocycles. The maximum absolute atomic E-state index is 11.7. The number of carbonyl (C=O) groups is 1. The molecule has 0 radical (unpaired) electrons. The molecule has 0 fully saturated rings. The summed E-state index contributed by atoms with van der Waals surface area (Å²) in [4.78, 5) is 11.7. The van der Waals surface area contributed by atoms with E-state index in [9.17, 15) is 4.79 Å². The van der Waals surface area contributed by atoms with Gasteiger partial charge in [-0.2, -0.15) is 0 Å². The van der Waals surface area contributed by atoms with Crippen molar-refractivity contribution in [2.75, 3.05) is 13.2 Å². The van der Waals surface area contributed by atoms with Crippen LogP contribution in [0.4, 0.5) is 0 Å². The number of carbonyl (C=O) groups excluding carboxylic acids is 1. The lowest BCUT2D eigenvalue weighted by atomic mass is 9.93. The van der Waals surface area contributed by atoms with Crippen molar-refractivity contribution in [2.24, 2.45) is 5.92 Å². The zero-order valence-electron chi connectivity index (χ0n) is 26.5. The fourth-order valence-corrected chi connectivity index (χ4v) is 4.90. The second-order valence-corrected chi connectivity index (χ2v) is 11.9. The summed E-state index contributed by atoms with van der Waals surface area (Å²) in [6.07, 6.45) is 25.5. The van der Waals surface area contributed by atoms with Crippen molar-refractivity contribution >= 4 is 5.97 Å². The van der Waals surface area contributed by atoms with Crippen LogP contribution in [-0.2, 0) is 19.0 Å². The third-order valence-electron chi connectivity index (χ3n) is 7.56. The highest BCUT2D eigenvalue weighted by molar-refractivity contribution is 5.87. The monoisotopic (exact) mass is 538 g/mol. The summed E-state index contributed by atoms with van der Waals surface area (Å²) in [5, 5.41) is 0. The lowest BCUT2D eigenvalue weighted by Crippen LogP contribution is -2.29. The van der Waals surface area contributed by atoms with Crippen molar-refractivity contribution in [3.8, 4) is 0 Å². The van der Waals surface area contributed by atoms with Crippen LogP contribution < -0.4 is 0 Å². The average molecular weight is 539 g/mol. The molecule has 0 aromatic rings. The molecule has 0 N–H and O–H groups in total. The van der Waals surface area contributed by atoms with Gasteiger partial charge in [0.2, 0.25) is 0 Å². The van der Waals surface area contributed by atoms with Crippen molar-refractivity contribution in [3.63, 3.8) is 0 Å². The second-order valence-electron chi connectivity index (χ2n) is 11.9. The van der Waals surface area contributed by atoms with Crippen molar-refractivity contribution < 1.29 is 19.0 Å². The molecule has 0 aliphatic rings. The molecule has 0 aromatic carbocycles. The Morgan fingerprint density at radius 1 is 0.605 bits per heavy atom. The van der Waals surface area contributed by atoms with E-state index in [1.807, 2.05) is 13.8 Å². The van der Waals surface area contributed by atoms with Gasteiger partial charge in [0.1, 0.15) is 6.10 Å². The number of hydrogen-bond donors (Lipinski definition) is 0. The average Bonchev–Trinajstić information content (AvgIpc) is 2.89. The van der Waals surface area contributed by atoms with E-state index < -0.39 is 0 Å². The Labute approximate surface area is 238 Å². The predicted octanol–water partition coefficient (Wildman–Crippen LogP) is 10.4. The first-order valence-corrected chi connectivity index (χ1v) is 16.4. The SMILES string of the molecule is C=C(C)C(=O)OC(C)COC(C)COC(CCCCCCCCCCCCC)C(C)CCCCCCCC. The molecule has 0 aromatic heterocycles. The van der Waals surface area contributed by atoms with Gasteiger partial charge in [0.25, 0.3) is 0 Å². The lowest BCUT2D eigenvalue weighted by Gasteiger charge is -2.27. The van der Waals surface area contributed by atoms with Gasteiger partial charge in [-0.05, 0) is 39.5 Å². The Morgan fingerprint density at radius 3 is 1.50 bits per heavy atom. The van der Waals surface area contributed by atoms with Crippen molar-refractivity contribution in [1.29, 1.82) is 0 Å². The fourth-order valence-electron chi connectivity index (χ4n) is 4.90. The normalized spacial score (nSPS) is 14.7. The summed E-state index contributed by atoms with van der Waals surface area (Å²) < 4.78 is 17.7. The lowest BCUT2D eigenvalue weighted by molar-refractivity contribution is -0.148. The van der Waals surface area contributed by atoms with E-state index in [1.165, 1.54) is 116 Å². The van der Waals surface area contributed by atoms with Crippen LogP contribution in [0.5, 0.6) is 0 Å². The van der Waals surface area contributed by atoms with Crippen LogP contribution in [0.3, 0.4) is 0 Å². The standard InChI is InChI=1S/C34H66O4/c1-8-10-12-14-16-17-18-19-20-22-24-26-33(30(5)25-23-21-15-13-11-9-2)37-27-31(6)36-28-32(7)38-34(35)29(3)4/h30-33H,3,8-28H2,1-2,4-7H3. The Morgan fingerprint density at radius 2 is 1.03 bits per heavy atom. The van der Waals surface area contributed by atoms with E-state index in [0.29, 0.717) is 30.8 Å². The van der Waals surface area contributed by atoms with Crippen LogP contribution in [0.15, 0.2) is 12.2 Å². The van der Waals surface area contributed by atoms with Crippen LogP contribution in [0.1, 0.15) is 164 Å². The van der Waals surface area contributed by atoms with Crippen LogP contribution in [0, 0.1) is 5.92 Å². The van der Waals surface area contributed by atoms with Gasteiger partial charge in [0.15, 0.2) is 0 Å². The molecular formula is C34H66O4. The van der Waals surface area contributed by atoms with Crippen LogP contribution in [0.2, 0.25) is 0 Å². The number of unbranched alkanes of at least 4 members (excludes halogenated alkanes) is 15. The third-order valence-corrected chi connectivity index (χ3v) is 7.56. The Balaban J connectivity index is 4.35. The van der Waals surface area contributed by atoms with E-state index in [1.54, 1.807) is 6.92 Å². The van der Waals surface area contributed by atoms with E-state index in [2.05, 4.69) is 27.4 Å². The summed E-state index contributed by atoms with van der Waals surface area (Å²) >= 11 is 0. The fraction of sp³-hybridized carbons (Fsp3) is 0.912. The Kier molecular flexibility index (Phi) is 25.8. The first-order chi connectivity index (χ1) is 18.3. The van der Waals surface area contributed by atoms with Gasteiger partial charge in [-0.25, -0.2) is 4.79 Å². The maximum Gasteiger partial charge on any atom is 0.333 e. The van der Waals surface area contributed by atoms with Gasteiger partial charge in [-0.1, -0.05) is 137 Å². The molecule has 0 heterocycles. The van der Waals surface area contributed by atoms with Gasteiger partial charge in [-0.3, -0.25) is 0 Å². The minimum atomic E-state index is -0.361. The Bertz CT molecular complexity index is 547. The first kappa shape index (κ1) is 37.1. The molecule has 0 amide bonds. The molecule has 38 heavy (non-hydrogen) atoms. The third kappa shape index (κ3) is 23.1. The molecule has 0 spiro atoms. The highest BCUT2D eigenvalue weighted by atomic mass is 16.6. The molecule has 0 aliphatic heterocycles. The van der Waals surface area contributed by atoms with Crippen LogP contribution in [0.25, 0.3) is 0 Å². The Hall–Kier alpha value is -0.870. The second kappa shape index (κ2) is 26.4. The van der Waals surface area contributed by atoms with Crippen molar-refractivity contribution in [2.45, 2.75) is 182 Å². The van der Waals surface area contributed by atoms with Gasteiger partial charge in [0, 0.05) is 5.57 Å². The number of ether oxygens (including phenoxy) is 3. The minimum Gasteiger partial charge on any atom is -0.457 e. The molecule has 4 atom stereocenters.